The van der Waals surface area contributed by atoms with Crippen molar-refractivity contribution in [2.45, 2.75) is 12.5 Å². The number of primary amides is 1. The van der Waals surface area contributed by atoms with Crippen LogP contribution in [0, 0.1) is 17.8 Å². The van der Waals surface area contributed by atoms with Crippen molar-refractivity contribution in [2.75, 3.05) is 17.7 Å². The molecule has 2 aliphatic rings. The third kappa shape index (κ3) is 3.06. The number of hydrogen-bond donors (Lipinski definition) is 4. The smallest absolute Gasteiger partial charge is 0.351 e. The molecule has 0 saturated heterocycles. The highest BCUT2D eigenvalue weighted by molar-refractivity contribution is 5.87. The fraction of sp³-hybridized carbons (Fsp3) is 0.286. The van der Waals surface area contributed by atoms with E-state index in [2.05, 4.69) is 37.7 Å². The van der Waals surface area contributed by atoms with Crippen LogP contribution in [0.2, 0.25) is 0 Å². The quantitative estimate of drug-likeness (QED) is 0.480. The highest BCUT2D eigenvalue weighted by Crippen LogP contribution is 2.45. The molecule has 1 fully saturated rings. The minimum atomic E-state index is -0.256. The molecule has 4 unspecified atom stereocenters. The molecule has 2 bridgehead atoms. The van der Waals surface area contributed by atoms with Crippen molar-refractivity contribution in [3.8, 4) is 5.75 Å². The Balaban J connectivity index is 1.48. The number of aromatic nitrogens is 3. The fourth-order valence-electron chi connectivity index (χ4n) is 4.56. The van der Waals surface area contributed by atoms with E-state index in [4.69, 9.17) is 10.5 Å². The van der Waals surface area contributed by atoms with E-state index < -0.39 is 0 Å². The Morgan fingerprint density at radius 2 is 2.17 bits per heavy atom. The standard InChI is InChI=1S/C21H22N6O2/c1-29-14-4-2-3-13(10-14)24-21-26-19-15(7-8-23-19)20(27-21)25-17-12-6-5-11(9-12)16(17)18(22)28/h2-8,10-12,16-17H,9H2,1H3,(H2,22,28)(H3,23,24,25,26,27)/p+1. The molecule has 0 radical (unpaired) electrons. The van der Waals surface area contributed by atoms with Gasteiger partial charge in [-0.25, -0.2) is 4.98 Å². The average Bonchev–Trinajstić information content (AvgIpc) is 3.44. The van der Waals surface area contributed by atoms with Gasteiger partial charge in [0.05, 0.1) is 30.1 Å². The molecule has 2 aromatic heterocycles. The first kappa shape index (κ1) is 17.5. The zero-order valence-corrected chi connectivity index (χ0v) is 16.0. The number of nitrogens with two attached hydrogens (primary N) is 1. The summed E-state index contributed by atoms with van der Waals surface area (Å²) >= 11 is 0. The van der Waals surface area contributed by atoms with Gasteiger partial charge in [-0.1, -0.05) is 23.2 Å². The molecular formula is C21H23N6O2+. The molecule has 5 rings (SSSR count). The lowest BCUT2D eigenvalue weighted by atomic mass is 9.88. The number of benzene rings is 1. The number of ether oxygens (including phenoxy) is 1. The van der Waals surface area contributed by atoms with Crippen LogP contribution in [0.4, 0.5) is 17.5 Å². The monoisotopic (exact) mass is 391 g/mol. The van der Waals surface area contributed by atoms with Gasteiger partial charge in [-0.05, 0) is 30.5 Å². The largest absolute Gasteiger partial charge is 0.497 e. The second-order valence-corrected chi connectivity index (χ2v) is 7.60. The number of H-pyrrole nitrogens is 2. The van der Waals surface area contributed by atoms with Crippen molar-refractivity contribution < 1.29 is 14.5 Å². The third-order valence-electron chi connectivity index (χ3n) is 5.89. The zero-order valence-electron chi connectivity index (χ0n) is 16.0. The summed E-state index contributed by atoms with van der Waals surface area (Å²) in [4.78, 5) is 23.2. The van der Waals surface area contributed by atoms with E-state index in [1.54, 1.807) is 7.11 Å². The van der Waals surface area contributed by atoms with E-state index in [-0.39, 0.29) is 23.8 Å². The van der Waals surface area contributed by atoms with Gasteiger partial charge in [0.2, 0.25) is 17.4 Å². The Hall–Kier alpha value is -3.55. The van der Waals surface area contributed by atoms with Gasteiger partial charge in [-0.3, -0.25) is 10.1 Å². The van der Waals surface area contributed by atoms with Crippen molar-refractivity contribution in [1.82, 2.24) is 9.97 Å². The SMILES string of the molecule is COc1cccc(Nc2nc3[nH]ccc3c(NC3C4C=CC(C4)C3C(N)=O)[nH+]2)c1. The first-order valence-electron chi connectivity index (χ1n) is 9.68. The average molecular weight is 391 g/mol. The Morgan fingerprint density at radius 1 is 1.31 bits per heavy atom. The van der Waals surface area contributed by atoms with Gasteiger partial charge in [-0.15, -0.1) is 0 Å². The summed E-state index contributed by atoms with van der Waals surface area (Å²) in [5.74, 6) is 2.18. The van der Waals surface area contributed by atoms with Gasteiger partial charge in [0.25, 0.3) is 0 Å². The predicted octanol–water partition coefficient (Wildman–Crippen LogP) is 2.22. The molecule has 8 nitrogen and oxygen atoms in total. The first-order valence-corrected chi connectivity index (χ1v) is 9.68. The van der Waals surface area contributed by atoms with Crippen LogP contribution in [0.15, 0.2) is 48.7 Å². The van der Waals surface area contributed by atoms with Gasteiger partial charge in [-0.2, -0.15) is 0 Å². The molecule has 2 heterocycles. The number of anilines is 3. The lowest BCUT2D eigenvalue weighted by Gasteiger charge is -2.25. The minimum Gasteiger partial charge on any atom is -0.497 e. The van der Waals surface area contributed by atoms with Gasteiger partial charge in [0.1, 0.15) is 5.75 Å². The maximum absolute atomic E-state index is 12.1. The molecule has 29 heavy (non-hydrogen) atoms. The summed E-state index contributed by atoms with van der Waals surface area (Å²) in [6.07, 6.45) is 7.11. The van der Waals surface area contributed by atoms with Crippen molar-refractivity contribution in [2.24, 2.45) is 23.5 Å². The summed E-state index contributed by atoms with van der Waals surface area (Å²) in [5, 5.41) is 7.76. The number of allylic oxidation sites excluding steroid dienone is 1. The molecule has 2 aliphatic carbocycles. The number of amides is 1. The summed E-state index contributed by atoms with van der Waals surface area (Å²) in [5.41, 5.74) is 7.31. The van der Waals surface area contributed by atoms with Crippen LogP contribution in [0.25, 0.3) is 11.0 Å². The van der Waals surface area contributed by atoms with Gasteiger partial charge >= 0.3 is 5.95 Å². The van der Waals surface area contributed by atoms with Crippen LogP contribution in [0.1, 0.15) is 6.42 Å². The molecule has 1 amide bonds. The Morgan fingerprint density at radius 3 is 3.00 bits per heavy atom. The molecule has 1 aromatic carbocycles. The fourth-order valence-corrected chi connectivity index (χ4v) is 4.56. The number of nitrogens with one attached hydrogen (secondary N) is 4. The second kappa shape index (κ2) is 6.80. The number of rotatable bonds is 6. The van der Waals surface area contributed by atoms with E-state index in [9.17, 15) is 4.79 Å². The molecule has 6 N–H and O–H groups in total. The lowest BCUT2D eigenvalue weighted by molar-refractivity contribution is -0.346. The van der Waals surface area contributed by atoms with Crippen LogP contribution in [0.3, 0.4) is 0 Å². The number of nitrogens with zero attached hydrogens (tertiary/aromatic N) is 1. The van der Waals surface area contributed by atoms with Crippen molar-refractivity contribution in [3.05, 3.63) is 48.7 Å². The van der Waals surface area contributed by atoms with Crippen LogP contribution in [-0.2, 0) is 4.79 Å². The summed E-state index contributed by atoms with van der Waals surface area (Å²) in [6.45, 7) is 0. The Bertz CT molecular complexity index is 1110. The van der Waals surface area contributed by atoms with Gasteiger partial charge in [0, 0.05) is 18.2 Å². The molecular weight excluding hydrogens is 368 g/mol. The number of hydrogen-bond acceptors (Lipinski definition) is 5. The number of fused-ring (bicyclic) bond motifs is 3. The number of carbonyl (C=O) groups is 1. The zero-order chi connectivity index (χ0) is 20.0. The molecule has 4 atom stereocenters. The molecule has 148 valence electrons. The van der Waals surface area contributed by atoms with E-state index >= 15 is 0 Å². The highest BCUT2D eigenvalue weighted by Gasteiger charge is 2.49. The maximum atomic E-state index is 12.1. The van der Waals surface area contributed by atoms with E-state index in [1.165, 1.54) is 0 Å². The predicted molar refractivity (Wildman–Crippen MR) is 110 cm³/mol. The normalized spacial score (nSPS) is 24.7. The number of methoxy groups -OCH3 is 1. The van der Waals surface area contributed by atoms with Crippen LogP contribution >= 0.6 is 0 Å². The van der Waals surface area contributed by atoms with Crippen LogP contribution in [0.5, 0.6) is 5.75 Å². The number of carbonyl (C=O) groups excluding carboxylic acids is 1. The molecule has 3 aromatic rings. The first-order chi connectivity index (χ1) is 14.1. The van der Waals surface area contributed by atoms with E-state index in [1.807, 2.05) is 36.5 Å². The van der Waals surface area contributed by atoms with Crippen LogP contribution in [-0.4, -0.2) is 29.0 Å². The van der Waals surface area contributed by atoms with Gasteiger partial charge in [0.15, 0.2) is 0 Å². The third-order valence-corrected chi connectivity index (χ3v) is 5.89. The summed E-state index contributed by atoms with van der Waals surface area (Å²) in [7, 11) is 1.63. The molecule has 0 spiro atoms. The lowest BCUT2D eigenvalue weighted by Crippen LogP contribution is -2.42. The minimum absolute atomic E-state index is 0.0380. The van der Waals surface area contributed by atoms with Crippen molar-refractivity contribution in [1.29, 1.82) is 0 Å². The van der Waals surface area contributed by atoms with Crippen molar-refractivity contribution >= 4 is 34.4 Å². The summed E-state index contributed by atoms with van der Waals surface area (Å²) in [6, 6.07) is 9.55. The molecule has 8 heteroatoms. The van der Waals surface area contributed by atoms with Crippen molar-refractivity contribution in [3.63, 3.8) is 0 Å². The topological polar surface area (TPSA) is 119 Å². The van der Waals surface area contributed by atoms with Gasteiger partial charge < -0.3 is 20.8 Å². The molecule has 0 aliphatic heterocycles. The molecule has 1 saturated carbocycles. The number of aromatic amines is 2. The maximum Gasteiger partial charge on any atom is 0.351 e. The highest BCUT2D eigenvalue weighted by atomic mass is 16.5. The van der Waals surface area contributed by atoms with E-state index in [0.717, 1.165) is 34.7 Å². The summed E-state index contributed by atoms with van der Waals surface area (Å²) < 4.78 is 5.29. The second-order valence-electron chi connectivity index (χ2n) is 7.60. The Kier molecular flexibility index (Phi) is 4.12. The van der Waals surface area contributed by atoms with E-state index in [0.29, 0.717) is 11.9 Å². The Labute approximate surface area is 167 Å². The van der Waals surface area contributed by atoms with Crippen LogP contribution < -0.4 is 26.1 Å².